The van der Waals surface area contributed by atoms with Crippen LogP contribution >= 0.6 is 11.8 Å². The van der Waals surface area contributed by atoms with E-state index < -0.39 is 0 Å². The van der Waals surface area contributed by atoms with Crippen LogP contribution in [0.1, 0.15) is 31.2 Å². The van der Waals surface area contributed by atoms with Gasteiger partial charge in [0.25, 0.3) is 0 Å². The summed E-state index contributed by atoms with van der Waals surface area (Å²) in [7, 11) is 0. The summed E-state index contributed by atoms with van der Waals surface area (Å²) in [5.74, 6) is 1.87. The van der Waals surface area contributed by atoms with E-state index in [1.807, 2.05) is 60.3 Å². The summed E-state index contributed by atoms with van der Waals surface area (Å²) in [5, 5.41) is 12.0. The highest BCUT2D eigenvalue weighted by Gasteiger charge is 2.42. The maximum atomic E-state index is 12.7. The summed E-state index contributed by atoms with van der Waals surface area (Å²) < 4.78 is 5.78. The number of carbonyl (C=O) groups is 2. The van der Waals surface area contributed by atoms with Crippen LogP contribution in [0.2, 0.25) is 0 Å². The number of nitrogens with zero attached hydrogens (tertiary/aromatic N) is 1. The second-order valence-electron chi connectivity index (χ2n) is 9.10. The molecule has 0 bridgehead atoms. The Morgan fingerprint density at radius 3 is 2.80 bits per heavy atom. The van der Waals surface area contributed by atoms with E-state index >= 15 is 0 Å². The van der Waals surface area contributed by atoms with Gasteiger partial charge in [-0.2, -0.15) is 11.8 Å². The minimum Gasteiger partial charge on any atom is -0.426 e. The van der Waals surface area contributed by atoms with Crippen molar-refractivity contribution >= 4 is 51.7 Å². The van der Waals surface area contributed by atoms with Crippen molar-refractivity contribution in [2.24, 2.45) is 4.99 Å². The molecule has 2 saturated heterocycles. The molecule has 0 radical (unpaired) electrons. The Balaban J connectivity index is 1.09. The molecule has 6 rings (SSSR count). The highest BCUT2D eigenvalue weighted by Crippen LogP contribution is 2.37. The zero-order valence-corrected chi connectivity index (χ0v) is 19.9. The standard InChI is InChI=1S/C27H26N4O3S/c32-23(14-4-3-13-22-25-20(15-35-22)30-27(33)31-25)34-21-12-2-1-9-17(21)26-28-18-10-5-7-16-8-6-11-19(29-26)24(16)18/h1-2,5-12,20,22,25H,3-4,13-15H2,(H,28,29)(H2,30,31,33)/t20-,22-,25-/m1/s1. The average Bonchev–Trinajstić information content (AvgIpc) is 3.42. The number of urea groups is 1. The summed E-state index contributed by atoms with van der Waals surface area (Å²) >= 11 is 1.90. The number of thioether (sulfide) groups is 1. The van der Waals surface area contributed by atoms with Gasteiger partial charge in [0.05, 0.1) is 23.3 Å². The van der Waals surface area contributed by atoms with E-state index in [2.05, 4.69) is 28.1 Å². The summed E-state index contributed by atoms with van der Waals surface area (Å²) in [5.41, 5.74) is 2.64. The molecular formula is C27H26N4O3S. The van der Waals surface area contributed by atoms with Crippen LogP contribution in [0.3, 0.4) is 0 Å². The third kappa shape index (κ3) is 4.34. The van der Waals surface area contributed by atoms with E-state index in [0.29, 0.717) is 23.3 Å². The molecule has 35 heavy (non-hydrogen) atoms. The summed E-state index contributed by atoms with van der Waals surface area (Å²) in [6, 6.07) is 20.1. The number of rotatable bonds is 7. The van der Waals surface area contributed by atoms with Crippen molar-refractivity contribution in [1.29, 1.82) is 0 Å². The predicted octanol–water partition coefficient (Wildman–Crippen LogP) is 4.97. The first-order valence-corrected chi connectivity index (χ1v) is 13.1. The lowest BCUT2D eigenvalue weighted by Crippen LogP contribution is -2.36. The smallest absolute Gasteiger partial charge is 0.315 e. The van der Waals surface area contributed by atoms with Gasteiger partial charge in [-0.05, 0) is 42.5 Å². The van der Waals surface area contributed by atoms with Gasteiger partial charge in [-0.25, -0.2) is 9.79 Å². The number of unbranched alkanes of at least 4 members (excludes halogenated alkanes) is 1. The van der Waals surface area contributed by atoms with Crippen LogP contribution < -0.4 is 20.7 Å². The molecule has 178 valence electrons. The molecule has 3 atom stereocenters. The number of carbonyl (C=O) groups excluding carboxylic acids is 2. The van der Waals surface area contributed by atoms with E-state index in [-0.39, 0.29) is 24.1 Å². The SMILES string of the molecule is O=C1N[C@@H]2[C@@H](CS[C@@H]2CCCCC(=O)Oc2ccccc2C2=Nc3cccc4cccc(c34)N2)N1. The maximum Gasteiger partial charge on any atom is 0.315 e. The molecule has 2 amide bonds. The van der Waals surface area contributed by atoms with E-state index in [0.717, 1.165) is 52.7 Å². The molecule has 3 N–H and O–H groups in total. The van der Waals surface area contributed by atoms with Crippen LogP contribution in [0.25, 0.3) is 10.8 Å². The number of aliphatic imine (C=N–C) groups is 1. The van der Waals surface area contributed by atoms with Crippen LogP contribution in [0.5, 0.6) is 5.75 Å². The van der Waals surface area contributed by atoms with Gasteiger partial charge in [-0.3, -0.25) is 4.79 Å². The second kappa shape index (κ2) is 9.26. The van der Waals surface area contributed by atoms with Gasteiger partial charge in [0, 0.05) is 28.5 Å². The Morgan fingerprint density at radius 2 is 1.89 bits per heavy atom. The molecule has 0 spiro atoms. The summed E-state index contributed by atoms with van der Waals surface area (Å²) in [6.07, 6.45) is 3.00. The normalized spacial score (nSPS) is 22.1. The first-order chi connectivity index (χ1) is 17.2. The summed E-state index contributed by atoms with van der Waals surface area (Å²) in [4.78, 5) is 29.0. The molecule has 0 unspecified atom stereocenters. The average molecular weight is 487 g/mol. The van der Waals surface area contributed by atoms with Gasteiger partial charge in [0.2, 0.25) is 0 Å². The van der Waals surface area contributed by atoms with Crippen LogP contribution in [0.4, 0.5) is 16.2 Å². The van der Waals surface area contributed by atoms with Gasteiger partial charge in [0.15, 0.2) is 0 Å². The predicted molar refractivity (Wildman–Crippen MR) is 140 cm³/mol. The molecule has 2 fully saturated rings. The fraction of sp³-hybridized carbons (Fsp3) is 0.296. The largest absolute Gasteiger partial charge is 0.426 e. The van der Waals surface area contributed by atoms with Crippen molar-refractivity contribution in [2.45, 2.75) is 43.0 Å². The molecule has 3 aliphatic rings. The highest BCUT2D eigenvalue weighted by molar-refractivity contribution is 8.00. The molecular weight excluding hydrogens is 460 g/mol. The number of fused-ring (bicyclic) bond motifs is 1. The number of amides is 2. The maximum absolute atomic E-state index is 12.7. The lowest BCUT2D eigenvalue weighted by Gasteiger charge is -2.20. The van der Waals surface area contributed by atoms with Crippen molar-refractivity contribution in [2.75, 3.05) is 11.1 Å². The number of ether oxygens (including phenoxy) is 1. The Hall–Kier alpha value is -3.52. The third-order valence-corrected chi connectivity index (χ3v) is 8.30. The number of esters is 1. The number of benzene rings is 3. The van der Waals surface area contributed by atoms with Gasteiger partial charge < -0.3 is 20.7 Å². The fourth-order valence-corrected chi connectivity index (χ4v) is 6.65. The molecule has 8 heteroatoms. The molecule has 3 heterocycles. The van der Waals surface area contributed by atoms with Crippen LogP contribution in [-0.2, 0) is 4.79 Å². The monoisotopic (exact) mass is 486 g/mol. The first kappa shape index (κ1) is 22.0. The zero-order chi connectivity index (χ0) is 23.8. The van der Waals surface area contributed by atoms with Crippen LogP contribution in [-0.4, -0.2) is 40.9 Å². The number of para-hydroxylation sites is 1. The van der Waals surface area contributed by atoms with E-state index in [1.54, 1.807) is 0 Å². The molecule has 3 aromatic rings. The number of hydrogen-bond acceptors (Lipinski definition) is 6. The Labute approximate surface area is 207 Å². The molecule has 7 nitrogen and oxygen atoms in total. The number of nitrogens with one attached hydrogen (secondary N) is 3. The van der Waals surface area contributed by atoms with E-state index in [4.69, 9.17) is 9.73 Å². The van der Waals surface area contributed by atoms with E-state index in [1.165, 1.54) is 0 Å². The van der Waals surface area contributed by atoms with Crippen molar-refractivity contribution < 1.29 is 14.3 Å². The molecule has 0 aromatic heterocycles. The second-order valence-corrected chi connectivity index (χ2v) is 10.4. The highest BCUT2D eigenvalue weighted by atomic mass is 32.2. The van der Waals surface area contributed by atoms with Gasteiger partial charge in [-0.1, -0.05) is 42.8 Å². The zero-order valence-electron chi connectivity index (χ0n) is 19.1. The molecule has 3 aliphatic heterocycles. The van der Waals surface area contributed by atoms with Crippen molar-refractivity contribution in [3.05, 3.63) is 66.2 Å². The Bertz CT molecular complexity index is 1340. The van der Waals surface area contributed by atoms with Gasteiger partial charge in [0.1, 0.15) is 11.6 Å². The third-order valence-electron chi connectivity index (χ3n) is 6.79. The quantitative estimate of drug-likeness (QED) is 0.190. The summed E-state index contributed by atoms with van der Waals surface area (Å²) in [6.45, 7) is 0. The van der Waals surface area contributed by atoms with Crippen LogP contribution in [0.15, 0.2) is 65.7 Å². The number of amidine groups is 1. The van der Waals surface area contributed by atoms with Crippen LogP contribution in [0, 0.1) is 0 Å². The molecule has 0 saturated carbocycles. The van der Waals surface area contributed by atoms with Gasteiger partial charge >= 0.3 is 12.0 Å². The number of hydrogen-bond donors (Lipinski definition) is 3. The number of anilines is 1. The topological polar surface area (TPSA) is 91.8 Å². The first-order valence-electron chi connectivity index (χ1n) is 12.0. The van der Waals surface area contributed by atoms with Crippen molar-refractivity contribution in [3.63, 3.8) is 0 Å². The Morgan fingerprint density at radius 1 is 1.03 bits per heavy atom. The van der Waals surface area contributed by atoms with Crippen molar-refractivity contribution in [3.8, 4) is 5.75 Å². The van der Waals surface area contributed by atoms with E-state index in [9.17, 15) is 9.59 Å². The minimum absolute atomic E-state index is 0.0650. The minimum atomic E-state index is -0.246. The molecule has 3 aromatic carbocycles. The fourth-order valence-electron chi connectivity index (χ4n) is 5.10. The Kier molecular flexibility index (Phi) is 5.82. The lowest BCUT2D eigenvalue weighted by molar-refractivity contribution is -0.134. The lowest BCUT2D eigenvalue weighted by atomic mass is 10.0. The molecule has 0 aliphatic carbocycles. The van der Waals surface area contributed by atoms with Gasteiger partial charge in [-0.15, -0.1) is 0 Å². The van der Waals surface area contributed by atoms with Crippen molar-refractivity contribution in [1.82, 2.24) is 10.6 Å².